The Bertz CT molecular complexity index is 701. The number of hydrogen-bond donors (Lipinski definition) is 1. The predicted molar refractivity (Wildman–Crippen MR) is 91.5 cm³/mol. The quantitative estimate of drug-likeness (QED) is 0.860. The zero-order chi connectivity index (χ0) is 14.8. The highest BCUT2D eigenvalue weighted by Gasteiger charge is 2.36. The molecule has 0 unspecified atom stereocenters. The van der Waals surface area contributed by atoms with Crippen molar-refractivity contribution >= 4 is 11.8 Å². The minimum absolute atomic E-state index is 0.329. The second-order valence-corrected chi connectivity index (χ2v) is 6.09. The fraction of sp³-hybridized carbons (Fsp3) is 0.250. The second-order valence-electron chi connectivity index (χ2n) is 6.09. The average molecular weight is 288 g/mol. The van der Waals surface area contributed by atoms with E-state index in [-0.39, 0.29) is 0 Å². The molecule has 0 spiro atoms. The van der Waals surface area contributed by atoms with Crippen molar-refractivity contribution in [2.75, 3.05) is 0 Å². The fourth-order valence-electron chi connectivity index (χ4n) is 3.59. The maximum absolute atomic E-state index is 4.69. The molecule has 2 heteroatoms. The molecule has 2 aliphatic rings. The van der Waals surface area contributed by atoms with E-state index in [1.807, 2.05) is 0 Å². The second kappa shape index (κ2) is 5.80. The van der Waals surface area contributed by atoms with Crippen molar-refractivity contribution in [3.8, 4) is 0 Å². The summed E-state index contributed by atoms with van der Waals surface area (Å²) in [6.07, 6.45) is 5.90. The largest absolute Gasteiger partial charge is 0.302 e. The maximum Gasteiger partial charge on any atom is 0.0773 e. The first kappa shape index (κ1) is 13.3. The minimum Gasteiger partial charge on any atom is -0.302 e. The van der Waals surface area contributed by atoms with Crippen molar-refractivity contribution in [1.82, 2.24) is 5.43 Å². The van der Waals surface area contributed by atoms with Crippen LogP contribution in [0.4, 0.5) is 0 Å². The Hall–Kier alpha value is -2.35. The smallest absolute Gasteiger partial charge is 0.0773 e. The van der Waals surface area contributed by atoms with Gasteiger partial charge in [0, 0.05) is 5.92 Å². The zero-order valence-electron chi connectivity index (χ0n) is 12.6. The van der Waals surface area contributed by atoms with Crippen LogP contribution in [0, 0.1) is 5.92 Å². The fourth-order valence-corrected chi connectivity index (χ4v) is 3.59. The normalized spacial score (nSPS) is 25.5. The SMILES string of the molecule is C(=C1/CCC[C@H]2C1=NN[C@H]2c1ccccc1)/c1ccccc1. The van der Waals surface area contributed by atoms with Gasteiger partial charge in [-0.15, -0.1) is 0 Å². The van der Waals surface area contributed by atoms with Gasteiger partial charge in [0.15, 0.2) is 0 Å². The van der Waals surface area contributed by atoms with Crippen molar-refractivity contribution in [3.05, 3.63) is 77.4 Å². The van der Waals surface area contributed by atoms with Crippen molar-refractivity contribution < 1.29 is 0 Å². The van der Waals surface area contributed by atoms with Gasteiger partial charge in [-0.1, -0.05) is 60.7 Å². The first-order valence-electron chi connectivity index (χ1n) is 8.06. The highest BCUT2D eigenvalue weighted by molar-refractivity contribution is 6.07. The molecule has 2 atom stereocenters. The molecule has 0 saturated heterocycles. The molecule has 22 heavy (non-hydrogen) atoms. The lowest BCUT2D eigenvalue weighted by Crippen LogP contribution is -2.25. The molecule has 0 aromatic heterocycles. The summed E-state index contributed by atoms with van der Waals surface area (Å²) in [7, 11) is 0. The third-order valence-corrected chi connectivity index (χ3v) is 4.67. The number of rotatable bonds is 2. The number of hydrazone groups is 1. The topological polar surface area (TPSA) is 24.4 Å². The van der Waals surface area contributed by atoms with E-state index in [0.717, 1.165) is 6.42 Å². The van der Waals surface area contributed by atoms with Crippen LogP contribution in [0.5, 0.6) is 0 Å². The van der Waals surface area contributed by atoms with Crippen molar-refractivity contribution in [2.45, 2.75) is 25.3 Å². The number of benzene rings is 2. The number of allylic oxidation sites excluding steroid dienone is 1. The number of hydrogen-bond acceptors (Lipinski definition) is 2. The molecule has 2 aromatic carbocycles. The molecule has 1 saturated carbocycles. The zero-order valence-corrected chi connectivity index (χ0v) is 12.6. The summed E-state index contributed by atoms with van der Waals surface area (Å²) in [5.74, 6) is 0.506. The van der Waals surface area contributed by atoms with Crippen LogP contribution in [0.2, 0.25) is 0 Å². The third-order valence-electron chi connectivity index (χ3n) is 4.67. The minimum atomic E-state index is 0.329. The van der Waals surface area contributed by atoms with Gasteiger partial charge in [-0.3, -0.25) is 0 Å². The maximum atomic E-state index is 4.69. The molecule has 1 aliphatic heterocycles. The highest BCUT2D eigenvalue weighted by atomic mass is 15.3. The van der Waals surface area contributed by atoms with Gasteiger partial charge in [-0.25, -0.2) is 0 Å². The summed E-state index contributed by atoms with van der Waals surface area (Å²) in [6.45, 7) is 0. The molecule has 0 bridgehead atoms. The van der Waals surface area contributed by atoms with E-state index >= 15 is 0 Å². The van der Waals surface area contributed by atoms with Crippen LogP contribution in [0.1, 0.15) is 36.4 Å². The van der Waals surface area contributed by atoms with E-state index in [9.17, 15) is 0 Å². The van der Waals surface area contributed by atoms with Gasteiger partial charge in [0.05, 0.1) is 11.8 Å². The number of nitrogens with zero attached hydrogens (tertiary/aromatic N) is 1. The van der Waals surface area contributed by atoms with E-state index in [1.54, 1.807) is 0 Å². The predicted octanol–water partition coefficient (Wildman–Crippen LogP) is 4.57. The molecule has 1 fully saturated rings. The van der Waals surface area contributed by atoms with E-state index in [0.29, 0.717) is 12.0 Å². The van der Waals surface area contributed by atoms with E-state index in [4.69, 9.17) is 5.10 Å². The summed E-state index contributed by atoms with van der Waals surface area (Å²) >= 11 is 0. The molecule has 1 N–H and O–H groups in total. The lowest BCUT2D eigenvalue weighted by molar-refractivity contribution is 0.451. The molecular weight excluding hydrogens is 268 g/mol. The van der Waals surface area contributed by atoms with Gasteiger partial charge >= 0.3 is 0 Å². The summed E-state index contributed by atoms with van der Waals surface area (Å²) in [5, 5.41) is 4.69. The van der Waals surface area contributed by atoms with Gasteiger partial charge in [-0.2, -0.15) is 5.10 Å². The number of nitrogens with one attached hydrogen (secondary N) is 1. The molecule has 1 heterocycles. The van der Waals surface area contributed by atoms with Crippen LogP contribution in [0.25, 0.3) is 6.08 Å². The van der Waals surface area contributed by atoms with Crippen LogP contribution >= 0.6 is 0 Å². The summed E-state index contributed by atoms with van der Waals surface area (Å²) < 4.78 is 0. The van der Waals surface area contributed by atoms with Gasteiger partial charge < -0.3 is 5.43 Å². The molecule has 1 aliphatic carbocycles. The van der Waals surface area contributed by atoms with Crippen LogP contribution in [0.15, 0.2) is 71.3 Å². The molecule has 4 rings (SSSR count). The first-order valence-corrected chi connectivity index (χ1v) is 8.06. The van der Waals surface area contributed by atoms with Crippen molar-refractivity contribution in [3.63, 3.8) is 0 Å². The van der Waals surface area contributed by atoms with Crippen molar-refractivity contribution in [1.29, 1.82) is 0 Å². The van der Waals surface area contributed by atoms with Gasteiger partial charge in [0.2, 0.25) is 0 Å². The molecule has 0 amide bonds. The summed E-state index contributed by atoms with van der Waals surface area (Å²) in [4.78, 5) is 0. The van der Waals surface area contributed by atoms with E-state index in [2.05, 4.69) is 72.2 Å². The molecule has 2 nitrogen and oxygen atoms in total. The lowest BCUT2D eigenvalue weighted by atomic mass is 9.78. The third kappa shape index (κ3) is 2.45. The Morgan fingerprint density at radius 1 is 0.955 bits per heavy atom. The highest BCUT2D eigenvalue weighted by Crippen LogP contribution is 2.39. The lowest BCUT2D eigenvalue weighted by Gasteiger charge is -2.26. The monoisotopic (exact) mass is 288 g/mol. The Labute approximate surface area is 131 Å². The van der Waals surface area contributed by atoms with E-state index in [1.165, 1.54) is 35.3 Å². The Kier molecular flexibility index (Phi) is 3.51. The summed E-state index contributed by atoms with van der Waals surface area (Å²) in [6, 6.07) is 21.6. The molecular formula is C20H20N2. The van der Waals surface area contributed by atoms with Gasteiger partial charge in [0.25, 0.3) is 0 Å². The molecule has 0 radical (unpaired) electrons. The van der Waals surface area contributed by atoms with Crippen molar-refractivity contribution in [2.24, 2.45) is 11.0 Å². The van der Waals surface area contributed by atoms with Gasteiger partial charge in [0.1, 0.15) is 0 Å². The first-order chi connectivity index (χ1) is 10.9. The van der Waals surface area contributed by atoms with Gasteiger partial charge in [-0.05, 0) is 42.0 Å². The van der Waals surface area contributed by atoms with E-state index < -0.39 is 0 Å². The standard InChI is InChI=1S/C20H20N2/c1-3-8-15(9-4-1)14-17-12-7-13-18-19(21-22-20(17)18)16-10-5-2-6-11-16/h1-6,8-11,14,18-19,21H,7,12-13H2/b17-14+/t18-,19+/m1/s1. The van der Waals surface area contributed by atoms with Crippen LogP contribution < -0.4 is 5.43 Å². The summed E-state index contributed by atoms with van der Waals surface area (Å²) in [5.41, 5.74) is 8.65. The van der Waals surface area contributed by atoms with Crippen LogP contribution in [-0.2, 0) is 0 Å². The van der Waals surface area contributed by atoms with Crippen LogP contribution in [-0.4, -0.2) is 5.71 Å². The Morgan fingerprint density at radius 2 is 1.68 bits per heavy atom. The average Bonchev–Trinajstić information content (AvgIpc) is 3.02. The Morgan fingerprint density at radius 3 is 2.45 bits per heavy atom. The Balaban J connectivity index is 1.63. The number of fused-ring (bicyclic) bond motifs is 1. The molecule has 110 valence electrons. The van der Waals surface area contributed by atoms with Crippen LogP contribution in [0.3, 0.4) is 0 Å². The molecule has 2 aromatic rings.